The van der Waals surface area contributed by atoms with Gasteiger partial charge < -0.3 is 10.1 Å². The largest absolute Gasteiger partial charge is 0.497 e. The molecule has 22 heavy (non-hydrogen) atoms. The predicted octanol–water partition coefficient (Wildman–Crippen LogP) is 2.82. The number of methoxy groups -OCH3 is 1. The van der Waals surface area contributed by atoms with Crippen LogP contribution >= 0.6 is 0 Å². The Balaban J connectivity index is 1.80. The van der Waals surface area contributed by atoms with Gasteiger partial charge in [0, 0.05) is 12.6 Å². The Morgan fingerprint density at radius 2 is 2.14 bits per heavy atom. The van der Waals surface area contributed by atoms with E-state index in [0.717, 1.165) is 24.3 Å². The summed E-state index contributed by atoms with van der Waals surface area (Å²) in [5, 5.41) is 3.20. The van der Waals surface area contributed by atoms with Gasteiger partial charge in [0.15, 0.2) is 0 Å². The summed E-state index contributed by atoms with van der Waals surface area (Å²) < 4.78 is 5.23. The summed E-state index contributed by atoms with van der Waals surface area (Å²) in [6.07, 6.45) is 4.87. The third-order valence-corrected chi connectivity index (χ3v) is 4.46. The van der Waals surface area contributed by atoms with Crippen molar-refractivity contribution in [3.8, 4) is 5.75 Å². The molecule has 2 rings (SSSR count). The molecule has 1 N–H and O–H groups in total. The first kappa shape index (κ1) is 16.8. The van der Waals surface area contributed by atoms with Crippen LogP contribution in [0.4, 0.5) is 0 Å². The van der Waals surface area contributed by atoms with Crippen LogP contribution in [0.2, 0.25) is 0 Å². The second-order valence-electron chi connectivity index (χ2n) is 6.46. The lowest BCUT2D eigenvalue weighted by atomic mass is 9.86. The van der Waals surface area contributed by atoms with Crippen LogP contribution in [-0.2, 0) is 11.3 Å². The first-order valence-electron chi connectivity index (χ1n) is 8.19. The fraction of sp³-hybridized carbons (Fsp3) is 0.611. The molecule has 0 radical (unpaired) electrons. The third-order valence-electron chi connectivity index (χ3n) is 4.46. The number of ether oxygens (including phenoxy) is 1. The topological polar surface area (TPSA) is 41.6 Å². The van der Waals surface area contributed by atoms with E-state index in [1.165, 1.54) is 19.3 Å². The number of nitrogens with zero attached hydrogens (tertiary/aromatic N) is 1. The molecular formula is C18H28N2O2. The Morgan fingerprint density at radius 3 is 2.86 bits per heavy atom. The molecule has 122 valence electrons. The molecule has 1 aromatic carbocycles. The Morgan fingerprint density at radius 1 is 1.36 bits per heavy atom. The van der Waals surface area contributed by atoms with Gasteiger partial charge in [-0.25, -0.2) is 0 Å². The Kier molecular flexibility index (Phi) is 6.25. The number of amides is 1. The molecule has 2 atom stereocenters. The number of nitrogens with one attached hydrogen (secondary N) is 1. The average molecular weight is 304 g/mol. The van der Waals surface area contributed by atoms with Crippen molar-refractivity contribution in [2.75, 3.05) is 20.7 Å². The maximum atomic E-state index is 12.2. The number of likely N-dealkylation sites (N-methyl/N-ethyl adjacent to an activating group) is 1. The molecule has 0 bridgehead atoms. The summed E-state index contributed by atoms with van der Waals surface area (Å²) in [6.45, 7) is 3.41. The van der Waals surface area contributed by atoms with Gasteiger partial charge in [0.2, 0.25) is 5.91 Å². The standard InChI is InChI=1S/C18H28N2O2/c1-14-7-4-5-10-17(14)19-18(21)13-20(2)12-15-8-6-9-16(11-15)22-3/h6,8-9,11,14,17H,4-5,7,10,12-13H2,1-3H3,(H,19,21)/t14-,17+/m0/s1. The molecule has 0 spiro atoms. The Labute approximate surface area is 133 Å². The smallest absolute Gasteiger partial charge is 0.234 e. The van der Waals surface area contributed by atoms with Crippen LogP contribution in [-0.4, -0.2) is 37.6 Å². The van der Waals surface area contributed by atoms with Gasteiger partial charge >= 0.3 is 0 Å². The molecule has 1 saturated carbocycles. The molecule has 0 saturated heterocycles. The molecule has 0 heterocycles. The molecular weight excluding hydrogens is 276 g/mol. The summed E-state index contributed by atoms with van der Waals surface area (Å²) in [6, 6.07) is 8.33. The van der Waals surface area contributed by atoms with Crippen LogP contribution in [0, 0.1) is 5.92 Å². The van der Waals surface area contributed by atoms with Crippen molar-refractivity contribution in [3.63, 3.8) is 0 Å². The molecule has 0 aromatic heterocycles. The van der Waals surface area contributed by atoms with Crippen molar-refractivity contribution in [2.24, 2.45) is 5.92 Å². The molecule has 1 aliphatic rings. The molecule has 4 nitrogen and oxygen atoms in total. The lowest BCUT2D eigenvalue weighted by Gasteiger charge is -2.30. The van der Waals surface area contributed by atoms with Crippen LogP contribution in [0.15, 0.2) is 24.3 Å². The Hall–Kier alpha value is -1.55. The number of carbonyl (C=O) groups is 1. The van der Waals surface area contributed by atoms with E-state index in [9.17, 15) is 4.79 Å². The van der Waals surface area contributed by atoms with Crippen LogP contribution in [0.3, 0.4) is 0 Å². The minimum Gasteiger partial charge on any atom is -0.497 e. The van der Waals surface area contributed by atoms with Crippen molar-refractivity contribution in [2.45, 2.75) is 45.2 Å². The van der Waals surface area contributed by atoms with Crippen LogP contribution in [0.1, 0.15) is 38.2 Å². The van der Waals surface area contributed by atoms with Crippen molar-refractivity contribution >= 4 is 5.91 Å². The van der Waals surface area contributed by atoms with Gasteiger partial charge in [0.05, 0.1) is 13.7 Å². The summed E-state index contributed by atoms with van der Waals surface area (Å²) in [4.78, 5) is 14.2. The van der Waals surface area contributed by atoms with E-state index < -0.39 is 0 Å². The van der Waals surface area contributed by atoms with Gasteiger partial charge in [-0.05, 0) is 43.5 Å². The van der Waals surface area contributed by atoms with Gasteiger partial charge in [0.1, 0.15) is 5.75 Å². The van der Waals surface area contributed by atoms with Crippen molar-refractivity contribution in [3.05, 3.63) is 29.8 Å². The van der Waals surface area contributed by atoms with Crippen molar-refractivity contribution in [1.29, 1.82) is 0 Å². The summed E-state index contributed by atoms with van der Waals surface area (Å²) in [5.74, 6) is 1.58. The third kappa shape index (κ3) is 5.02. The number of carbonyl (C=O) groups excluding carboxylic acids is 1. The second kappa shape index (κ2) is 8.18. The fourth-order valence-electron chi connectivity index (χ4n) is 3.17. The first-order valence-corrected chi connectivity index (χ1v) is 8.19. The van der Waals surface area contributed by atoms with Crippen LogP contribution < -0.4 is 10.1 Å². The van der Waals surface area contributed by atoms with E-state index >= 15 is 0 Å². The zero-order valence-electron chi connectivity index (χ0n) is 14.0. The summed E-state index contributed by atoms with van der Waals surface area (Å²) in [5.41, 5.74) is 1.15. The van der Waals surface area contributed by atoms with E-state index in [4.69, 9.17) is 4.74 Å². The normalized spacial score (nSPS) is 21.6. The quantitative estimate of drug-likeness (QED) is 0.878. The number of rotatable bonds is 6. The average Bonchev–Trinajstić information content (AvgIpc) is 2.49. The molecule has 1 amide bonds. The minimum absolute atomic E-state index is 0.129. The zero-order chi connectivity index (χ0) is 15.9. The zero-order valence-corrected chi connectivity index (χ0v) is 14.0. The van der Waals surface area contributed by atoms with Crippen LogP contribution in [0.5, 0.6) is 5.75 Å². The SMILES string of the molecule is COc1cccc(CN(C)CC(=O)N[C@@H]2CCCC[C@@H]2C)c1. The molecule has 0 aliphatic heterocycles. The maximum absolute atomic E-state index is 12.2. The molecule has 1 fully saturated rings. The van der Waals surface area contributed by atoms with Gasteiger partial charge in [-0.2, -0.15) is 0 Å². The lowest BCUT2D eigenvalue weighted by molar-refractivity contribution is -0.123. The fourth-order valence-corrected chi connectivity index (χ4v) is 3.17. The first-order chi connectivity index (χ1) is 10.6. The highest BCUT2D eigenvalue weighted by Crippen LogP contribution is 2.23. The van der Waals surface area contributed by atoms with E-state index in [0.29, 0.717) is 18.5 Å². The predicted molar refractivity (Wildman–Crippen MR) is 88.9 cm³/mol. The van der Waals surface area contributed by atoms with Gasteiger partial charge in [-0.15, -0.1) is 0 Å². The molecule has 1 aromatic rings. The molecule has 1 aliphatic carbocycles. The lowest BCUT2D eigenvalue weighted by Crippen LogP contribution is -2.44. The van der Waals surface area contributed by atoms with Crippen molar-refractivity contribution < 1.29 is 9.53 Å². The number of hydrogen-bond donors (Lipinski definition) is 1. The number of benzene rings is 1. The highest BCUT2D eigenvalue weighted by molar-refractivity contribution is 5.78. The molecule has 4 heteroatoms. The second-order valence-corrected chi connectivity index (χ2v) is 6.46. The Bertz CT molecular complexity index is 490. The highest BCUT2D eigenvalue weighted by atomic mass is 16.5. The monoisotopic (exact) mass is 304 g/mol. The van der Waals surface area contributed by atoms with E-state index in [1.807, 2.05) is 30.1 Å². The highest BCUT2D eigenvalue weighted by Gasteiger charge is 2.23. The van der Waals surface area contributed by atoms with E-state index in [2.05, 4.69) is 18.3 Å². The van der Waals surface area contributed by atoms with Gasteiger partial charge in [-0.3, -0.25) is 9.69 Å². The van der Waals surface area contributed by atoms with Gasteiger partial charge in [-0.1, -0.05) is 31.9 Å². The maximum Gasteiger partial charge on any atom is 0.234 e. The van der Waals surface area contributed by atoms with E-state index in [-0.39, 0.29) is 5.91 Å². The number of hydrogen-bond acceptors (Lipinski definition) is 3. The van der Waals surface area contributed by atoms with Crippen LogP contribution in [0.25, 0.3) is 0 Å². The van der Waals surface area contributed by atoms with E-state index in [1.54, 1.807) is 7.11 Å². The van der Waals surface area contributed by atoms with Gasteiger partial charge in [0.25, 0.3) is 0 Å². The summed E-state index contributed by atoms with van der Waals surface area (Å²) >= 11 is 0. The minimum atomic E-state index is 0.129. The summed E-state index contributed by atoms with van der Waals surface area (Å²) in [7, 11) is 3.64. The van der Waals surface area contributed by atoms with Crippen molar-refractivity contribution in [1.82, 2.24) is 10.2 Å². The molecule has 0 unspecified atom stereocenters.